The monoisotopic (exact) mass is 332 g/mol. The van der Waals surface area contributed by atoms with E-state index >= 15 is 0 Å². The molecule has 0 aliphatic rings. The largest absolute Gasteiger partial charge is 0.383 e. The summed E-state index contributed by atoms with van der Waals surface area (Å²) in [5, 5.41) is 6.02. The van der Waals surface area contributed by atoms with E-state index in [9.17, 15) is 0 Å². The number of aromatic nitrogens is 2. The molecule has 3 rings (SSSR count). The fraction of sp³-hybridized carbons (Fsp3) is 0.389. The van der Waals surface area contributed by atoms with Crippen LogP contribution in [-0.4, -0.2) is 41.0 Å². The molecule has 0 aliphatic carbocycles. The van der Waals surface area contributed by atoms with Crippen molar-refractivity contribution < 1.29 is 0 Å². The van der Waals surface area contributed by atoms with Crippen molar-refractivity contribution in [3.8, 4) is 0 Å². The third-order valence-electron chi connectivity index (χ3n) is 4.29. The number of rotatable bonds is 6. The Labute approximate surface area is 143 Å². The van der Waals surface area contributed by atoms with E-state index in [-0.39, 0.29) is 12.4 Å². The summed E-state index contributed by atoms with van der Waals surface area (Å²) in [5.74, 6) is 0. The number of nitrogens with one attached hydrogen (secondary N) is 2. The number of hydrogen-bond acceptors (Lipinski definition) is 3. The molecule has 0 aliphatic heterocycles. The van der Waals surface area contributed by atoms with Gasteiger partial charge in [-0.05, 0) is 38.2 Å². The maximum Gasteiger partial charge on any atom is 0.140 e. The van der Waals surface area contributed by atoms with Crippen molar-refractivity contribution in [2.24, 2.45) is 0 Å². The van der Waals surface area contributed by atoms with Crippen molar-refractivity contribution in [1.29, 1.82) is 0 Å². The van der Waals surface area contributed by atoms with Crippen LogP contribution < -0.4 is 5.32 Å². The predicted octanol–water partition coefficient (Wildman–Crippen LogP) is 4.20. The van der Waals surface area contributed by atoms with Gasteiger partial charge in [0.15, 0.2) is 0 Å². The zero-order chi connectivity index (χ0) is 15.5. The number of anilines is 1. The smallest absolute Gasteiger partial charge is 0.140 e. The number of benzene rings is 1. The number of halogens is 1. The first-order valence-electron chi connectivity index (χ1n) is 8.06. The van der Waals surface area contributed by atoms with E-state index < -0.39 is 0 Å². The van der Waals surface area contributed by atoms with Crippen molar-refractivity contribution in [2.75, 3.05) is 31.5 Å². The standard InChI is InChI=1S/C18H24N4.ClH/c1-4-22(5-2)11-10-19-16-8-9-20-18-17(16)14-12-13(3)6-7-15(14)21-18;/h6-9,12H,4-5,10-11H2,1-3H3,(H2,19,20,21);1H. The molecule has 0 atom stereocenters. The maximum atomic E-state index is 4.48. The van der Waals surface area contributed by atoms with Gasteiger partial charge in [0.2, 0.25) is 0 Å². The van der Waals surface area contributed by atoms with E-state index in [0.29, 0.717) is 0 Å². The molecule has 0 unspecified atom stereocenters. The Kier molecular flexibility index (Phi) is 5.85. The van der Waals surface area contributed by atoms with E-state index in [4.69, 9.17) is 0 Å². The summed E-state index contributed by atoms with van der Waals surface area (Å²) < 4.78 is 0. The first-order valence-corrected chi connectivity index (χ1v) is 8.06. The minimum atomic E-state index is 0. The number of H-pyrrole nitrogens is 1. The quantitative estimate of drug-likeness (QED) is 0.711. The Balaban J connectivity index is 0.00000192. The second kappa shape index (κ2) is 7.66. The zero-order valence-corrected chi connectivity index (χ0v) is 14.8. The molecule has 2 N–H and O–H groups in total. The zero-order valence-electron chi connectivity index (χ0n) is 14.0. The lowest BCUT2D eigenvalue weighted by atomic mass is 10.1. The highest BCUT2D eigenvalue weighted by atomic mass is 35.5. The van der Waals surface area contributed by atoms with Crippen LogP contribution in [0.2, 0.25) is 0 Å². The second-order valence-corrected chi connectivity index (χ2v) is 5.71. The molecule has 0 saturated heterocycles. The van der Waals surface area contributed by atoms with Gasteiger partial charge in [-0.3, -0.25) is 0 Å². The van der Waals surface area contributed by atoms with Crippen LogP contribution in [0.15, 0.2) is 30.5 Å². The number of hydrogen-bond donors (Lipinski definition) is 2. The van der Waals surface area contributed by atoms with Gasteiger partial charge in [0, 0.05) is 41.3 Å². The summed E-state index contributed by atoms with van der Waals surface area (Å²) in [7, 11) is 0. The van der Waals surface area contributed by atoms with Crippen LogP contribution in [0.25, 0.3) is 21.9 Å². The average Bonchev–Trinajstić information content (AvgIpc) is 2.90. The SMILES string of the molecule is CCN(CC)CCNc1ccnc2[nH]c3ccc(C)cc3c12.Cl. The van der Waals surface area contributed by atoms with Crippen LogP contribution in [0.4, 0.5) is 5.69 Å². The van der Waals surface area contributed by atoms with Gasteiger partial charge in [-0.2, -0.15) is 0 Å². The highest BCUT2D eigenvalue weighted by Crippen LogP contribution is 2.30. The lowest BCUT2D eigenvalue weighted by Gasteiger charge is -2.18. The lowest BCUT2D eigenvalue weighted by Crippen LogP contribution is -2.28. The van der Waals surface area contributed by atoms with Gasteiger partial charge in [-0.25, -0.2) is 4.98 Å². The van der Waals surface area contributed by atoms with Crippen molar-refractivity contribution >= 4 is 40.0 Å². The third-order valence-corrected chi connectivity index (χ3v) is 4.29. The van der Waals surface area contributed by atoms with E-state index in [0.717, 1.165) is 43.0 Å². The molecule has 0 saturated carbocycles. The Hall–Kier alpha value is -1.78. The molecule has 0 radical (unpaired) electrons. The van der Waals surface area contributed by atoms with Crippen LogP contribution in [0, 0.1) is 6.92 Å². The van der Waals surface area contributed by atoms with Crippen molar-refractivity contribution in [2.45, 2.75) is 20.8 Å². The van der Waals surface area contributed by atoms with Crippen LogP contribution in [0.3, 0.4) is 0 Å². The van der Waals surface area contributed by atoms with Crippen molar-refractivity contribution in [1.82, 2.24) is 14.9 Å². The highest BCUT2D eigenvalue weighted by molar-refractivity contribution is 6.12. The summed E-state index contributed by atoms with van der Waals surface area (Å²) in [5.41, 5.74) is 4.53. The molecular formula is C18H25ClN4. The fourth-order valence-electron chi connectivity index (χ4n) is 2.97. The average molecular weight is 333 g/mol. The van der Waals surface area contributed by atoms with Crippen LogP contribution in [-0.2, 0) is 0 Å². The Morgan fingerprint density at radius 1 is 1.17 bits per heavy atom. The molecule has 124 valence electrons. The highest BCUT2D eigenvalue weighted by Gasteiger charge is 2.10. The lowest BCUT2D eigenvalue weighted by molar-refractivity contribution is 0.316. The molecule has 2 aromatic heterocycles. The number of aromatic amines is 1. The van der Waals surface area contributed by atoms with Gasteiger partial charge in [-0.1, -0.05) is 25.5 Å². The second-order valence-electron chi connectivity index (χ2n) is 5.71. The molecular weight excluding hydrogens is 308 g/mol. The predicted molar refractivity (Wildman–Crippen MR) is 102 cm³/mol. The molecule has 23 heavy (non-hydrogen) atoms. The molecule has 4 nitrogen and oxygen atoms in total. The van der Waals surface area contributed by atoms with Crippen molar-refractivity contribution in [3.05, 3.63) is 36.0 Å². The van der Waals surface area contributed by atoms with Crippen molar-refractivity contribution in [3.63, 3.8) is 0 Å². The summed E-state index contributed by atoms with van der Waals surface area (Å²) in [6.45, 7) is 10.7. The number of likely N-dealkylation sites (N-methyl/N-ethyl adjacent to an activating group) is 1. The Bertz CT molecular complexity index is 777. The molecule has 5 heteroatoms. The normalized spacial score (nSPS) is 11.1. The minimum absolute atomic E-state index is 0. The van der Waals surface area contributed by atoms with Gasteiger partial charge < -0.3 is 15.2 Å². The van der Waals surface area contributed by atoms with Gasteiger partial charge in [0.25, 0.3) is 0 Å². The Morgan fingerprint density at radius 2 is 1.96 bits per heavy atom. The molecule has 2 heterocycles. The van der Waals surface area contributed by atoms with Gasteiger partial charge in [0.05, 0.1) is 0 Å². The van der Waals surface area contributed by atoms with E-state index in [1.54, 1.807) is 0 Å². The first-order chi connectivity index (χ1) is 10.7. The fourth-order valence-corrected chi connectivity index (χ4v) is 2.97. The molecule has 3 aromatic rings. The number of aryl methyl sites for hydroxylation is 1. The number of pyridine rings is 1. The first kappa shape index (κ1) is 17.6. The Morgan fingerprint density at radius 3 is 2.70 bits per heavy atom. The topological polar surface area (TPSA) is 44.0 Å². The summed E-state index contributed by atoms with van der Waals surface area (Å²) >= 11 is 0. The van der Waals surface area contributed by atoms with Crippen LogP contribution in [0.1, 0.15) is 19.4 Å². The van der Waals surface area contributed by atoms with E-state index in [1.807, 2.05) is 6.20 Å². The minimum Gasteiger partial charge on any atom is -0.383 e. The van der Waals surface area contributed by atoms with Crippen LogP contribution >= 0.6 is 12.4 Å². The maximum absolute atomic E-state index is 4.48. The third kappa shape index (κ3) is 3.59. The van der Waals surface area contributed by atoms with E-state index in [1.165, 1.54) is 16.3 Å². The summed E-state index contributed by atoms with van der Waals surface area (Å²) in [6.07, 6.45) is 1.87. The van der Waals surface area contributed by atoms with Gasteiger partial charge in [0.1, 0.15) is 5.65 Å². The van der Waals surface area contributed by atoms with Gasteiger partial charge in [-0.15, -0.1) is 12.4 Å². The van der Waals surface area contributed by atoms with Gasteiger partial charge >= 0.3 is 0 Å². The number of nitrogens with zero attached hydrogens (tertiary/aromatic N) is 2. The number of fused-ring (bicyclic) bond motifs is 3. The molecule has 0 fully saturated rings. The molecule has 0 spiro atoms. The van der Waals surface area contributed by atoms with E-state index in [2.05, 4.69) is 65.2 Å². The van der Waals surface area contributed by atoms with Crippen LogP contribution in [0.5, 0.6) is 0 Å². The summed E-state index contributed by atoms with van der Waals surface area (Å²) in [4.78, 5) is 10.3. The summed E-state index contributed by atoms with van der Waals surface area (Å²) in [6, 6.07) is 8.56. The molecule has 0 amide bonds. The molecule has 0 bridgehead atoms. The molecule has 1 aromatic carbocycles.